The lowest BCUT2D eigenvalue weighted by Gasteiger charge is -2.39. The van der Waals surface area contributed by atoms with Crippen molar-refractivity contribution in [3.05, 3.63) is 88.9 Å². The maximum Gasteiger partial charge on any atom is 0.120 e. The van der Waals surface area contributed by atoms with E-state index in [-0.39, 0.29) is 18.8 Å². The zero-order chi connectivity index (χ0) is 24.6. The smallest absolute Gasteiger partial charge is 0.120 e. The summed E-state index contributed by atoms with van der Waals surface area (Å²) in [4.78, 5) is 24.1. The normalized spacial score (nSPS) is 13.1. The lowest BCUT2D eigenvalue weighted by Crippen LogP contribution is -2.49. The first kappa shape index (κ1) is 29.7. The number of benzene rings is 3. The first-order chi connectivity index (χ1) is 16.2. The molecule has 0 heterocycles. The molecular formula is C25H28Cl2NO5PS-2. The molecule has 35 heavy (non-hydrogen) atoms. The van der Waals surface area contributed by atoms with E-state index in [1.54, 1.807) is 11.8 Å². The minimum Gasteiger partial charge on any atom is -0.811 e. The number of aliphatic hydroxyl groups excluding tert-OH is 1. The molecule has 6 nitrogen and oxygen atoms in total. The SMILES string of the molecule is Cl.NC(CO)(CCCc1ccc(Sc2cccc(OCc3ccccc3)c2)cc1Cl)CP(=O)([O-])[O-]. The van der Waals surface area contributed by atoms with Gasteiger partial charge in [-0.15, -0.1) is 12.4 Å². The summed E-state index contributed by atoms with van der Waals surface area (Å²) in [5.41, 5.74) is 6.45. The standard InChI is InChI=1S/C25H29ClNO5PS.ClH/c26-24-15-23(12-11-20(24)8-5-13-25(27,17-28)18-33(29,30)31)34-22-10-4-9-21(14-22)32-16-19-6-2-1-3-7-19;/h1-4,6-7,9-12,14-15,28H,5,8,13,16-18,27H2,(H2,29,30,31);1H/p-2. The van der Waals surface area contributed by atoms with Gasteiger partial charge in [0.1, 0.15) is 12.4 Å². The summed E-state index contributed by atoms with van der Waals surface area (Å²) in [6.45, 7) is -0.0735. The quantitative estimate of drug-likeness (QED) is 0.317. The van der Waals surface area contributed by atoms with Crippen LogP contribution in [0.25, 0.3) is 0 Å². The van der Waals surface area contributed by atoms with Crippen molar-refractivity contribution in [2.45, 2.75) is 41.2 Å². The minimum absolute atomic E-state index is 0. The Bertz CT molecular complexity index is 1130. The highest BCUT2D eigenvalue weighted by Gasteiger charge is 2.25. The van der Waals surface area contributed by atoms with E-state index >= 15 is 0 Å². The van der Waals surface area contributed by atoms with Crippen LogP contribution in [0.3, 0.4) is 0 Å². The van der Waals surface area contributed by atoms with Gasteiger partial charge in [-0.3, -0.25) is 0 Å². The third kappa shape index (κ3) is 10.2. The Kier molecular flexibility index (Phi) is 11.6. The second kappa shape index (κ2) is 13.7. The number of nitrogens with two attached hydrogens (primary N) is 1. The Hall–Kier alpha value is -1.54. The third-order valence-electron chi connectivity index (χ3n) is 5.26. The lowest BCUT2D eigenvalue weighted by atomic mass is 9.95. The molecule has 3 aromatic carbocycles. The molecule has 0 radical (unpaired) electrons. The number of ether oxygens (including phenoxy) is 1. The molecule has 0 amide bonds. The molecule has 3 rings (SSSR count). The van der Waals surface area contributed by atoms with Crippen LogP contribution in [0.4, 0.5) is 0 Å². The van der Waals surface area contributed by atoms with Crippen molar-refractivity contribution in [3.63, 3.8) is 0 Å². The highest BCUT2D eigenvalue weighted by atomic mass is 35.5. The Morgan fingerprint density at radius 1 is 1.03 bits per heavy atom. The van der Waals surface area contributed by atoms with Gasteiger partial charge in [0.05, 0.1) is 6.61 Å². The van der Waals surface area contributed by atoms with Gasteiger partial charge in [0, 0.05) is 20.4 Å². The fraction of sp³-hybridized carbons (Fsp3) is 0.280. The van der Waals surface area contributed by atoms with Crippen LogP contribution in [0.15, 0.2) is 82.6 Å². The number of aliphatic hydroxyl groups is 1. The van der Waals surface area contributed by atoms with E-state index in [4.69, 9.17) is 22.1 Å². The topological polar surface area (TPSA) is 119 Å². The molecule has 1 unspecified atom stereocenters. The van der Waals surface area contributed by atoms with Crippen LogP contribution in [-0.4, -0.2) is 23.4 Å². The van der Waals surface area contributed by atoms with Crippen molar-refractivity contribution in [2.75, 3.05) is 12.8 Å². The summed E-state index contributed by atoms with van der Waals surface area (Å²) in [5, 5.41) is 10.0. The molecule has 3 aromatic rings. The van der Waals surface area contributed by atoms with Crippen molar-refractivity contribution >= 4 is 43.4 Å². The van der Waals surface area contributed by atoms with Gasteiger partial charge < -0.3 is 29.9 Å². The average Bonchev–Trinajstić information content (AvgIpc) is 2.79. The Balaban J connectivity index is 0.00000432. The molecule has 0 aromatic heterocycles. The number of halogens is 2. The van der Waals surface area contributed by atoms with Crippen molar-refractivity contribution < 1.29 is 24.2 Å². The van der Waals surface area contributed by atoms with Crippen LogP contribution >= 0.6 is 43.4 Å². The van der Waals surface area contributed by atoms with Crippen molar-refractivity contribution in [1.29, 1.82) is 0 Å². The van der Waals surface area contributed by atoms with E-state index < -0.39 is 25.9 Å². The van der Waals surface area contributed by atoms with Gasteiger partial charge >= 0.3 is 0 Å². The van der Waals surface area contributed by atoms with E-state index in [2.05, 4.69) is 0 Å². The summed E-state index contributed by atoms with van der Waals surface area (Å²) < 4.78 is 17.0. The summed E-state index contributed by atoms with van der Waals surface area (Å²) >= 11 is 8.04. The van der Waals surface area contributed by atoms with Gasteiger partial charge in [0.25, 0.3) is 0 Å². The fourth-order valence-electron chi connectivity index (χ4n) is 3.52. The number of aryl methyl sites for hydroxylation is 1. The largest absolute Gasteiger partial charge is 0.811 e. The fourth-order valence-corrected chi connectivity index (χ4v) is 5.80. The monoisotopic (exact) mass is 555 g/mol. The maximum absolute atomic E-state index is 11.1. The van der Waals surface area contributed by atoms with Gasteiger partial charge in [-0.25, -0.2) is 0 Å². The van der Waals surface area contributed by atoms with E-state index in [1.807, 2.05) is 72.8 Å². The number of hydrogen-bond donors (Lipinski definition) is 2. The number of hydrogen-bond acceptors (Lipinski definition) is 7. The highest BCUT2D eigenvalue weighted by Crippen LogP contribution is 2.34. The number of rotatable bonds is 12. The summed E-state index contributed by atoms with van der Waals surface area (Å²) in [6.07, 6.45) is 0.464. The molecule has 0 spiro atoms. The zero-order valence-electron chi connectivity index (χ0n) is 19.0. The van der Waals surface area contributed by atoms with Gasteiger partial charge in [-0.2, -0.15) is 0 Å². The Labute approximate surface area is 221 Å². The molecular weight excluding hydrogens is 528 g/mol. The summed E-state index contributed by atoms with van der Waals surface area (Å²) in [7, 11) is -4.81. The zero-order valence-corrected chi connectivity index (χ0v) is 22.3. The van der Waals surface area contributed by atoms with Crippen LogP contribution < -0.4 is 20.3 Å². The highest BCUT2D eigenvalue weighted by molar-refractivity contribution is 7.99. The molecule has 1 atom stereocenters. The van der Waals surface area contributed by atoms with Gasteiger partial charge in [-0.05, 0) is 66.9 Å². The van der Waals surface area contributed by atoms with Crippen LogP contribution in [0.1, 0.15) is 24.0 Å². The molecule has 0 aliphatic carbocycles. The first-order valence-corrected chi connectivity index (χ1v) is 13.7. The predicted molar refractivity (Wildman–Crippen MR) is 139 cm³/mol. The Morgan fingerprint density at radius 3 is 2.40 bits per heavy atom. The van der Waals surface area contributed by atoms with Gasteiger partial charge in [-0.1, -0.05) is 73.4 Å². The van der Waals surface area contributed by atoms with Crippen LogP contribution in [0.2, 0.25) is 5.02 Å². The van der Waals surface area contributed by atoms with E-state index in [9.17, 15) is 19.5 Å². The Morgan fingerprint density at radius 2 is 1.74 bits per heavy atom. The van der Waals surface area contributed by atoms with Gasteiger partial charge in [0.2, 0.25) is 0 Å². The molecule has 3 N–H and O–H groups in total. The lowest BCUT2D eigenvalue weighted by molar-refractivity contribution is -0.314. The third-order valence-corrected chi connectivity index (χ3v) is 7.61. The molecule has 0 saturated heterocycles. The molecule has 0 aliphatic heterocycles. The van der Waals surface area contributed by atoms with Crippen molar-refractivity contribution in [2.24, 2.45) is 5.73 Å². The van der Waals surface area contributed by atoms with Crippen LogP contribution in [-0.2, 0) is 17.6 Å². The predicted octanol–water partition coefficient (Wildman–Crippen LogP) is 4.42. The van der Waals surface area contributed by atoms with E-state index in [0.29, 0.717) is 24.5 Å². The molecule has 10 heteroatoms. The van der Waals surface area contributed by atoms with Crippen molar-refractivity contribution in [1.82, 2.24) is 0 Å². The van der Waals surface area contributed by atoms with Gasteiger partial charge in [0.15, 0.2) is 0 Å². The van der Waals surface area contributed by atoms with Crippen LogP contribution in [0.5, 0.6) is 5.75 Å². The molecule has 0 saturated carbocycles. The summed E-state index contributed by atoms with van der Waals surface area (Å²) in [5.74, 6) is 0.784. The second-order valence-electron chi connectivity index (χ2n) is 8.25. The molecule has 0 bridgehead atoms. The van der Waals surface area contributed by atoms with Crippen molar-refractivity contribution in [3.8, 4) is 5.75 Å². The molecule has 0 fully saturated rings. The average molecular weight is 556 g/mol. The summed E-state index contributed by atoms with van der Waals surface area (Å²) in [6, 6.07) is 23.6. The molecule has 0 aliphatic rings. The first-order valence-electron chi connectivity index (χ1n) is 10.8. The molecule has 190 valence electrons. The van der Waals surface area contributed by atoms with E-state index in [0.717, 1.165) is 26.7 Å². The maximum atomic E-state index is 11.1. The van der Waals surface area contributed by atoms with Crippen LogP contribution in [0, 0.1) is 0 Å². The second-order valence-corrected chi connectivity index (χ2v) is 11.3. The minimum atomic E-state index is -4.81. The van der Waals surface area contributed by atoms with E-state index in [1.165, 1.54) is 0 Å².